The largest absolute Gasteiger partial charge is 0.379 e. The van der Waals surface area contributed by atoms with Crippen molar-refractivity contribution in [2.45, 2.75) is 206 Å². The fourth-order valence-electron chi connectivity index (χ4n) is 5.96. The molecule has 0 aliphatic rings. The molecule has 7 nitrogen and oxygen atoms in total. The maximum absolute atomic E-state index is 12.9. The maximum Gasteiger partial charge on any atom is 0.242 e. The average molecular weight is 691 g/mol. The summed E-state index contributed by atoms with van der Waals surface area (Å²) in [5.41, 5.74) is 5.62. The molecular formula is C39H80ClN3O4. The topological polar surface area (TPSA) is 103 Å². The van der Waals surface area contributed by atoms with Crippen molar-refractivity contribution in [2.75, 3.05) is 32.9 Å². The number of nitrogens with two attached hydrogens (primary N) is 1. The van der Waals surface area contributed by atoms with Gasteiger partial charge in [-0.15, -0.1) is 12.4 Å². The van der Waals surface area contributed by atoms with Crippen molar-refractivity contribution in [1.29, 1.82) is 0 Å². The van der Waals surface area contributed by atoms with Gasteiger partial charge in [-0.25, -0.2) is 0 Å². The SMILES string of the molecule is CCCCCCCCCCCCCCOCC(CNC(=O)C(CCCCN)NC(C)=O)OCCCCCCCCCCCCCC.Cl. The van der Waals surface area contributed by atoms with Crippen LogP contribution in [-0.4, -0.2) is 56.9 Å². The minimum Gasteiger partial charge on any atom is -0.379 e. The number of carbonyl (C=O) groups excluding carboxylic acids is 2. The lowest BCUT2D eigenvalue weighted by molar-refractivity contribution is -0.129. The third kappa shape index (κ3) is 36.2. The molecule has 0 spiro atoms. The van der Waals surface area contributed by atoms with Gasteiger partial charge in [0.15, 0.2) is 0 Å². The molecule has 0 aromatic heterocycles. The van der Waals surface area contributed by atoms with Gasteiger partial charge in [-0.3, -0.25) is 9.59 Å². The zero-order valence-corrected chi connectivity index (χ0v) is 32.2. The molecule has 2 amide bonds. The molecule has 0 heterocycles. The first-order valence-electron chi connectivity index (χ1n) is 20.0. The van der Waals surface area contributed by atoms with Crippen LogP contribution in [0.25, 0.3) is 0 Å². The molecule has 8 heteroatoms. The molecule has 0 aromatic carbocycles. The van der Waals surface area contributed by atoms with E-state index >= 15 is 0 Å². The van der Waals surface area contributed by atoms with E-state index in [-0.39, 0.29) is 30.3 Å². The number of carbonyl (C=O) groups is 2. The van der Waals surface area contributed by atoms with Crippen LogP contribution in [0, 0.1) is 0 Å². The minimum atomic E-state index is -0.539. The molecule has 0 saturated carbocycles. The van der Waals surface area contributed by atoms with Gasteiger partial charge in [-0.1, -0.05) is 155 Å². The van der Waals surface area contributed by atoms with Crippen LogP contribution in [0.3, 0.4) is 0 Å². The van der Waals surface area contributed by atoms with Gasteiger partial charge in [-0.2, -0.15) is 0 Å². The fourth-order valence-corrected chi connectivity index (χ4v) is 5.96. The van der Waals surface area contributed by atoms with Gasteiger partial charge in [0.2, 0.25) is 11.8 Å². The van der Waals surface area contributed by atoms with E-state index in [0.717, 1.165) is 32.3 Å². The van der Waals surface area contributed by atoms with E-state index in [2.05, 4.69) is 24.5 Å². The first kappa shape index (κ1) is 48.2. The predicted octanol–water partition coefficient (Wildman–Crippen LogP) is 9.96. The van der Waals surface area contributed by atoms with Crippen LogP contribution in [0.5, 0.6) is 0 Å². The highest BCUT2D eigenvalue weighted by molar-refractivity contribution is 5.86. The maximum atomic E-state index is 12.9. The van der Waals surface area contributed by atoms with Crippen molar-refractivity contribution >= 4 is 24.2 Å². The second kappa shape index (κ2) is 39.5. The van der Waals surface area contributed by atoms with E-state index in [0.29, 0.717) is 32.7 Å². The number of halogens is 1. The number of hydrogen-bond acceptors (Lipinski definition) is 5. The van der Waals surface area contributed by atoms with E-state index in [1.165, 1.54) is 148 Å². The molecule has 2 atom stereocenters. The smallest absolute Gasteiger partial charge is 0.242 e. The molecule has 0 aliphatic carbocycles. The van der Waals surface area contributed by atoms with Crippen LogP contribution in [0.2, 0.25) is 0 Å². The van der Waals surface area contributed by atoms with Gasteiger partial charge >= 0.3 is 0 Å². The molecule has 0 aromatic rings. The number of ether oxygens (including phenoxy) is 2. The first-order chi connectivity index (χ1) is 22.5. The Labute approximate surface area is 298 Å². The molecule has 4 N–H and O–H groups in total. The Balaban J connectivity index is 0. The summed E-state index contributed by atoms with van der Waals surface area (Å²) in [5, 5.41) is 5.81. The summed E-state index contributed by atoms with van der Waals surface area (Å²) < 4.78 is 12.2. The Hall–Kier alpha value is -0.890. The first-order valence-corrected chi connectivity index (χ1v) is 20.0. The zero-order valence-electron chi connectivity index (χ0n) is 31.4. The Kier molecular flexibility index (Phi) is 40.6. The van der Waals surface area contributed by atoms with Gasteiger partial charge < -0.3 is 25.8 Å². The minimum absolute atomic E-state index is 0. The molecular weight excluding hydrogens is 610 g/mol. The Morgan fingerprint density at radius 1 is 0.596 bits per heavy atom. The summed E-state index contributed by atoms with van der Waals surface area (Å²) in [6, 6.07) is -0.539. The zero-order chi connectivity index (χ0) is 33.8. The second-order valence-electron chi connectivity index (χ2n) is 13.6. The summed E-state index contributed by atoms with van der Waals surface area (Å²) in [5.74, 6) is -0.356. The predicted molar refractivity (Wildman–Crippen MR) is 203 cm³/mol. The average Bonchev–Trinajstić information content (AvgIpc) is 3.04. The van der Waals surface area contributed by atoms with Crippen LogP contribution in [0.15, 0.2) is 0 Å². The van der Waals surface area contributed by atoms with Crippen LogP contribution in [0.1, 0.15) is 194 Å². The quantitative estimate of drug-likeness (QED) is 0.0564. The normalized spacial score (nSPS) is 12.4. The number of hydrogen-bond donors (Lipinski definition) is 3. The van der Waals surface area contributed by atoms with Crippen molar-refractivity contribution in [2.24, 2.45) is 5.73 Å². The number of nitrogens with one attached hydrogen (secondary N) is 2. The van der Waals surface area contributed by atoms with E-state index in [4.69, 9.17) is 15.2 Å². The van der Waals surface area contributed by atoms with Crippen molar-refractivity contribution in [3.8, 4) is 0 Å². The van der Waals surface area contributed by atoms with Crippen LogP contribution < -0.4 is 16.4 Å². The highest BCUT2D eigenvalue weighted by atomic mass is 35.5. The highest BCUT2D eigenvalue weighted by Gasteiger charge is 2.20. The van der Waals surface area contributed by atoms with Gasteiger partial charge in [-0.05, 0) is 38.6 Å². The van der Waals surface area contributed by atoms with Crippen molar-refractivity contribution < 1.29 is 19.1 Å². The lowest BCUT2D eigenvalue weighted by Gasteiger charge is -2.22. The van der Waals surface area contributed by atoms with Crippen molar-refractivity contribution in [3.05, 3.63) is 0 Å². The third-order valence-electron chi connectivity index (χ3n) is 8.94. The molecule has 47 heavy (non-hydrogen) atoms. The van der Waals surface area contributed by atoms with E-state index in [1.807, 2.05) is 0 Å². The van der Waals surface area contributed by atoms with Gasteiger partial charge in [0.25, 0.3) is 0 Å². The van der Waals surface area contributed by atoms with Crippen LogP contribution >= 0.6 is 12.4 Å². The van der Waals surface area contributed by atoms with Crippen LogP contribution in [-0.2, 0) is 19.1 Å². The van der Waals surface area contributed by atoms with Crippen molar-refractivity contribution in [1.82, 2.24) is 10.6 Å². The lowest BCUT2D eigenvalue weighted by Crippen LogP contribution is -2.48. The molecule has 2 unspecified atom stereocenters. The summed E-state index contributed by atoms with van der Waals surface area (Å²) in [4.78, 5) is 24.6. The standard InChI is InChI=1S/C39H79N3O4.ClH/c1-4-6-8-10-12-14-16-18-20-22-24-28-32-45-35-37(34-41-39(44)38(42-36(3)43)30-26-27-31-40)46-33-29-25-23-21-19-17-15-13-11-9-7-5-2;/h37-38H,4-35,40H2,1-3H3,(H,41,44)(H,42,43);1H. The molecule has 0 saturated heterocycles. The number of rotatable bonds is 37. The van der Waals surface area contributed by atoms with Crippen molar-refractivity contribution in [3.63, 3.8) is 0 Å². The Morgan fingerprint density at radius 2 is 1.02 bits per heavy atom. The molecule has 282 valence electrons. The Bertz CT molecular complexity index is 656. The lowest BCUT2D eigenvalue weighted by atomic mass is 10.1. The summed E-state index contributed by atoms with van der Waals surface area (Å²) >= 11 is 0. The van der Waals surface area contributed by atoms with E-state index < -0.39 is 6.04 Å². The molecule has 0 bridgehead atoms. The summed E-state index contributed by atoms with van der Waals surface area (Å²) in [6.07, 6.45) is 33.8. The fraction of sp³-hybridized carbons (Fsp3) is 0.949. The number of unbranched alkanes of at least 4 members (excludes halogenated alkanes) is 23. The molecule has 0 aliphatic heterocycles. The molecule has 0 radical (unpaired) electrons. The number of amides is 2. The monoisotopic (exact) mass is 690 g/mol. The summed E-state index contributed by atoms with van der Waals surface area (Å²) in [7, 11) is 0. The van der Waals surface area contributed by atoms with Gasteiger partial charge in [0, 0.05) is 26.7 Å². The highest BCUT2D eigenvalue weighted by Crippen LogP contribution is 2.13. The van der Waals surface area contributed by atoms with Crippen LogP contribution in [0.4, 0.5) is 0 Å². The summed E-state index contributed by atoms with van der Waals surface area (Å²) in [6.45, 7) is 8.87. The molecule has 0 rings (SSSR count). The van der Waals surface area contributed by atoms with Gasteiger partial charge in [0.1, 0.15) is 6.04 Å². The van der Waals surface area contributed by atoms with E-state index in [9.17, 15) is 9.59 Å². The van der Waals surface area contributed by atoms with E-state index in [1.54, 1.807) is 0 Å². The third-order valence-corrected chi connectivity index (χ3v) is 8.94. The Morgan fingerprint density at radius 3 is 1.45 bits per heavy atom. The van der Waals surface area contributed by atoms with Gasteiger partial charge in [0.05, 0.1) is 12.7 Å². The second-order valence-corrected chi connectivity index (χ2v) is 13.6. The molecule has 0 fully saturated rings.